The molecule has 1 aliphatic heterocycles. The van der Waals surface area contributed by atoms with Gasteiger partial charge >= 0.3 is 6.03 Å². The number of urea groups is 1. The highest BCUT2D eigenvalue weighted by atomic mass is 16.5. The molecule has 1 aliphatic rings. The molecule has 0 bridgehead atoms. The Morgan fingerprint density at radius 2 is 1.63 bits per heavy atom. The van der Waals surface area contributed by atoms with Gasteiger partial charge < -0.3 is 4.74 Å². The molecule has 3 aromatic rings. The van der Waals surface area contributed by atoms with E-state index in [1.54, 1.807) is 31.2 Å². The summed E-state index contributed by atoms with van der Waals surface area (Å²) < 4.78 is 5.69. The molecule has 4 amide bonds. The normalized spacial score (nSPS) is 15.6. The maximum atomic E-state index is 13.2. The van der Waals surface area contributed by atoms with Gasteiger partial charge in [0.15, 0.2) is 0 Å². The number of nitrogens with one attached hydrogen (secondary N) is 1. The summed E-state index contributed by atoms with van der Waals surface area (Å²) >= 11 is 0. The van der Waals surface area contributed by atoms with Crippen LogP contribution in [0.3, 0.4) is 0 Å². The van der Waals surface area contributed by atoms with Gasteiger partial charge in [0.05, 0.1) is 12.3 Å². The summed E-state index contributed by atoms with van der Waals surface area (Å²) in [5, 5.41) is 3.99. The smallest absolute Gasteiger partial charge is 0.335 e. The molecule has 0 atom stereocenters. The Balaban J connectivity index is 1.83. The molecule has 0 aliphatic carbocycles. The lowest BCUT2D eigenvalue weighted by atomic mass is 10.00. The number of anilines is 1. The van der Waals surface area contributed by atoms with Crippen molar-refractivity contribution in [3.05, 3.63) is 77.4 Å². The van der Waals surface area contributed by atoms with Gasteiger partial charge in [0, 0.05) is 5.39 Å². The Kier molecular flexibility index (Phi) is 5.06. The maximum Gasteiger partial charge on any atom is 0.335 e. The Morgan fingerprint density at radius 1 is 0.933 bits per heavy atom. The van der Waals surface area contributed by atoms with Gasteiger partial charge in [0.2, 0.25) is 0 Å². The quantitative estimate of drug-likeness (QED) is 0.526. The van der Waals surface area contributed by atoms with Crippen LogP contribution in [0.4, 0.5) is 10.5 Å². The third kappa shape index (κ3) is 3.33. The summed E-state index contributed by atoms with van der Waals surface area (Å²) in [6.45, 7) is 4.24. The fraction of sp³-hybridized carbons (Fsp3) is 0.125. The second kappa shape index (κ2) is 7.83. The van der Waals surface area contributed by atoms with E-state index >= 15 is 0 Å². The van der Waals surface area contributed by atoms with Gasteiger partial charge in [-0.25, -0.2) is 9.69 Å². The maximum absolute atomic E-state index is 13.2. The minimum absolute atomic E-state index is 0.104. The van der Waals surface area contributed by atoms with Crippen molar-refractivity contribution >= 4 is 40.4 Å². The van der Waals surface area contributed by atoms with Crippen LogP contribution in [0.5, 0.6) is 5.75 Å². The molecular weight excluding hydrogens is 380 g/mol. The zero-order valence-electron chi connectivity index (χ0n) is 16.6. The molecule has 0 spiro atoms. The number of rotatable bonds is 4. The largest absolute Gasteiger partial charge is 0.493 e. The topological polar surface area (TPSA) is 75.7 Å². The van der Waals surface area contributed by atoms with Crippen molar-refractivity contribution in [2.75, 3.05) is 11.5 Å². The van der Waals surface area contributed by atoms with Crippen molar-refractivity contribution in [1.82, 2.24) is 5.32 Å². The minimum atomic E-state index is -0.756. The highest BCUT2D eigenvalue weighted by Gasteiger charge is 2.37. The molecule has 3 aromatic carbocycles. The van der Waals surface area contributed by atoms with E-state index < -0.39 is 17.8 Å². The summed E-state index contributed by atoms with van der Waals surface area (Å²) in [5.41, 5.74) is 1.77. The molecule has 1 N–H and O–H groups in total. The summed E-state index contributed by atoms with van der Waals surface area (Å²) in [4.78, 5) is 39.1. The predicted octanol–water partition coefficient (Wildman–Crippen LogP) is 4.21. The number of benzene rings is 3. The molecular formula is C24H20N2O4. The average Bonchev–Trinajstić information content (AvgIpc) is 2.74. The summed E-state index contributed by atoms with van der Waals surface area (Å²) in [5.74, 6) is -0.643. The van der Waals surface area contributed by atoms with Crippen LogP contribution in [0.1, 0.15) is 18.1 Å². The molecule has 1 fully saturated rings. The van der Waals surface area contributed by atoms with Crippen LogP contribution in [-0.2, 0) is 9.59 Å². The zero-order chi connectivity index (χ0) is 21.3. The first kappa shape index (κ1) is 19.4. The van der Waals surface area contributed by atoms with Gasteiger partial charge in [-0.05, 0) is 48.6 Å². The first-order chi connectivity index (χ1) is 14.5. The van der Waals surface area contributed by atoms with Crippen LogP contribution in [0.15, 0.2) is 66.2 Å². The second-order valence-corrected chi connectivity index (χ2v) is 6.88. The van der Waals surface area contributed by atoms with Gasteiger partial charge in [0.1, 0.15) is 11.3 Å². The number of aryl methyl sites for hydroxylation is 1. The zero-order valence-corrected chi connectivity index (χ0v) is 16.6. The van der Waals surface area contributed by atoms with E-state index in [1.807, 2.05) is 43.3 Å². The second-order valence-electron chi connectivity index (χ2n) is 6.88. The van der Waals surface area contributed by atoms with Crippen molar-refractivity contribution in [3.63, 3.8) is 0 Å². The van der Waals surface area contributed by atoms with Crippen molar-refractivity contribution in [3.8, 4) is 5.75 Å². The average molecular weight is 400 g/mol. The molecule has 30 heavy (non-hydrogen) atoms. The fourth-order valence-corrected chi connectivity index (χ4v) is 3.55. The number of imide groups is 2. The molecule has 150 valence electrons. The van der Waals surface area contributed by atoms with Crippen LogP contribution < -0.4 is 15.0 Å². The number of hydrogen-bond acceptors (Lipinski definition) is 4. The standard InChI is InChI=1S/C24H20N2O4/c1-3-30-21-13-12-16(17-9-5-6-10-18(17)21)14-19-22(27)25-24(29)26(23(19)28)20-11-7-4-8-15(20)2/h4-14H,3H2,1-2H3,(H,25,27,29)/b19-14+. The lowest BCUT2D eigenvalue weighted by Crippen LogP contribution is -2.54. The van der Waals surface area contributed by atoms with Crippen molar-refractivity contribution in [2.45, 2.75) is 13.8 Å². The summed E-state index contributed by atoms with van der Waals surface area (Å²) in [6.07, 6.45) is 1.52. The van der Waals surface area contributed by atoms with Gasteiger partial charge in [-0.3, -0.25) is 14.9 Å². The molecule has 6 heteroatoms. The number of amides is 4. The lowest BCUT2D eigenvalue weighted by molar-refractivity contribution is -0.122. The monoisotopic (exact) mass is 400 g/mol. The Hall–Kier alpha value is -3.93. The van der Waals surface area contributed by atoms with Gasteiger partial charge in [-0.15, -0.1) is 0 Å². The van der Waals surface area contributed by atoms with Gasteiger partial charge in [0.25, 0.3) is 11.8 Å². The van der Waals surface area contributed by atoms with E-state index in [-0.39, 0.29) is 5.57 Å². The summed E-state index contributed by atoms with van der Waals surface area (Å²) in [6, 6.07) is 17.5. The Bertz CT molecular complexity index is 1210. The fourth-order valence-electron chi connectivity index (χ4n) is 3.55. The minimum Gasteiger partial charge on any atom is -0.493 e. The number of barbiturate groups is 1. The lowest BCUT2D eigenvalue weighted by Gasteiger charge is -2.27. The van der Waals surface area contributed by atoms with Gasteiger partial charge in [-0.1, -0.05) is 48.5 Å². The van der Waals surface area contributed by atoms with Crippen molar-refractivity contribution < 1.29 is 19.1 Å². The van der Waals surface area contributed by atoms with E-state index in [2.05, 4.69) is 5.32 Å². The van der Waals surface area contributed by atoms with E-state index in [4.69, 9.17) is 4.74 Å². The number of nitrogens with zero attached hydrogens (tertiary/aromatic N) is 1. The number of fused-ring (bicyclic) bond motifs is 1. The molecule has 0 saturated carbocycles. The first-order valence-corrected chi connectivity index (χ1v) is 9.63. The van der Waals surface area contributed by atoms with Crippen molar-refractivity contribution in [2.24, 2.45) is 0 Å². The highest BCUT2D eigenvalue weighted by Crippen LogP contribution is 2.31. The first-order valence-electron chi connectivity index (χ1n) is 9.63. The molecule has 6 nitrogen and oxygen atoms in total. The van der Waals surface area contributed by atoms with Crippen molar-refractivity contribution in [1.29, 1.82) is 0 Å². The third-order valence-corrected chi connectivity index (χ3v) is 4.98. The Labute approximate surface area is 173 Å². The summed E-state index contributed by atoms with van der Waals surface area (Å²) in [7, 11) is 0. The molecule has 1 saturated heterocycles. The predicted molar refractivity (Wildman–Crippen MR) is 115 cm³/mol. The van der Waals surface area contributed by atoms with Gasteiger partial charge in [-0.2, -0.15) is 0 Å². The number of ether oxygens (including phenoxy) is 1. The van der Waals surface area contributed by atoms with E-state index in [0.29, 0.717) is 17.9 Å². The van der Waals surface area contributed by atoms with E-state index in [0.717, 1.165) is 27.0 Å². The molecule has 4 rings (SSSR count). The van der Waals surface area contributed by atoms with Crippen LogP contribution in [-0.4, -0.2) is 24.5 Å². The number of para-hydroxylation sites is 1. The molecule has 1 heterocycles. The number of carbonyl (C=O) groups is 3. The van der Waals surface area contributed by atoms with Crippen LogP contribution in [0.25, 0.3) is 16.8 Å². The third-order valence-electron chi connectivity index (χ3n) is 4.98. The molecule has 0 aromatic heterocycles. The van der Waals surface area contributed by atoms with E-state index in [1.165, 1.54) is 6.08 Å². The van der Waals surface area contributed by atoms with E-state index in [9.17, 15) is 14.4 Å². The SMILES string of the molecule is CCOc1ccc(/C=C2\C(=O)NC(=O)N(c3ccccc3C)C2=O)c2ccccc12. The highest BCUT2D eigenvalue weighted by molar-refractivity contribution is 6.39. The van der Waals surface area contributed by atoms with Crippen LogP contribution >= 0.6 is 0 Å². The molecule has 0 radical (unpaired) electrons. The van der Waals surface area contributed by atoms with Crippen LogP contribution in [0, 0.1) is 6.92 Å². The number of carbonyl (C=O) groups excluding carboxylic acids is 3. The van der Waals surface area contributed by atoms with Crippen LogP contribution in [0.2, 0.25) is 0 Å². The number of hydrogen-bond donors (Lipinski definition) is 1. The Morgan fingerprint density at radius 3 is 2.37 bits per heavy atom. The molecule has 0 unspecified atom stereocenters.